The van der Waals surface area contributed by atoms with Crippen LogP contribution in [0.1, 0.15) is 11.1 Å². The van der Waals surface area contributed by atoms with Crippen LogP contribution < -0.4 is 5.32 Å². The highest BCUT2D eigenvalue weighted by molar-refractivity contribution is 6.08. The molecule has 0 saturated heterocycles. The molecule has 0 saturated carbocycles. The summed E-state index contributed by atoms with van der Waals surface area (Å²) in [5, 5.41) is 20.9. The maximum atomic E-state index is 12.5. The number of carboxylic acid groups (broad SMARTS) is 1. The van der Waals surface area contributed by atoms with Crippen LogP contribution in [0.3, 0.4) is 0 Å². The average Bonchev–Trinajstić information content (AvgIpc) is 2.86. The molecule has 0 aromatic heterocycles. The molecule has 25 heavy (non-hydrogen) atoms. The third-order valence-electron chi connectivity index (χ3n) is 3.87. The number of carbonyl (C=O) groups excluding carboxylic acids is 2. The van der Waals surface area contributed by atoms with Crippen LogP contribution in [0.2, 0.25) is 0 Å². The normalized spacial score (nSPS) is 14.0. The number of benzene rings is 1. The lowest BCUT2D eigenvalue weighted by Gasteiger charge is -2.16. The molecule has 0 atom stereocenters. The molecule has 1 aliphatic rings. The van der Waals surface area contributed by atoms with Crippen LogP contribution in [0.5, 0.6) is 0 Å². The van der Waals surface area contributed by atoms with Crippen LogP contribution in [0, 0.1) is 6.92 Å². The number of aliphatic hydroxyl groups is 1. The number of β-amino-alcohol motifs (C(OH)–C–C–N with tert-alkyl or cyclic N) is 1. The number of aliphatic hydroxyl groups excluding tert-OH is 1. The first-order valence-corrected chi connectivity index (χ1v) is 7.67. The number of amides is 1. The molecular weight excluding hydrogens is 328 g/mol. The van der Waals surface area contributed by atoms with Gasteiger partial charge in [0, 0.05) is 12.2 Å². The topological polar surface area (TPSA) is 116 Å². The van der Waals surface area contributed by atoms with Crippen molar-refractivity contribution in [1.29, 1.82) is 0 Å². The fourth-order valence-electron chi connectivity index (χ4n) is 2.57. The van der Waals surface area contributed by atoms with Crippen molar-refractivity contribution in [3.05, 3.63) is 40.6 Å². The first-order valence-electron chi connectivity index (χ1n) is 7.67. The van der Waals surface area contributed by atoms with E-state index in [-0.39, 0.29) is 37.4 Å². The summed E-state index contributed by atoms with van der Waals surface area (Å²) < 4.78 is 4.73. The largest absolute Gasteiger partial charge is 0.481 e. The van der Waals surface area contributed by atoms with Gasteiger partial charge in [-0.15, -0.1) is 0 Å². The molecule has 1 amide bonds. The predicted octanol–water partition coefficient (Wildman–Crippen LogP) is 0.296. The standard InChI is InChI=1S/C17H20N2O6/c1-10-3-4-11(8-14(21)22)7-13(10)18-15-12(17(24)25-2)9-19(5-6-20)16(15)23/h3-4,7,18,20H,5-6,8-9H2,1-2H3,(H,21,22). The molecule has 2 rings (SSSR count). The first kappa shape index (κ1) is 18.5. The van der Waals surface area contributed by atoms with E-state index in [2.05, 4.69) is 5.32 Å². The quantitative estimate of drug-likeness (QED) is 0.607. The second-order valence-electron chi connectivity index (χ2n) is 5.64. The third kappa shape index (κ3) is 4.16. The van der Waals surface area contributed by atoms with Crippen molar-refractivity contribution >= 4 is 23.5 Å². The number of anilines is 1. The average molecular weight is 348 g/mol. The van der Waals surface area contributed by atoms with Gasteiger partial charge in [-0.3, -0.25) is 9.59 Å². The highest BCUT2D eigenvalue weighted by Gasteiger charge is 2.34. The molecule has 0 radical (unpaired) electrons. The lowest BCUT2D eigenvalue weighted by atomic mass is 10.1. The van der Waals surface area contributed by atoms with Crippen molar-refractivity contribution in [1.82, 2.24) is 4.90 Å². The maximum absolute atomic E-state index is 12.5. The minimum Gasteiger partial charge on any atom is -0.481 e. The van der Waals surface area contributed by atoms with E-state index in [1.807, 2.05) is 0 Å². The number of nitrogens with one attached hydrogen (secondary N) is 1. The van der Waals surface area contributed by atoms with Crippen molar-refractivity contribution < 1.29 is 29.3 Å². The van der Waals surface area contributed by atoms with Gasteiger partial charge in [-0.25, -0.2) is 4.79 Å². The molecule has 0 unspecified atom stereocenters. The Morgan fingerprint density at radius 2 is 2.08 bits per heavy atom. The number of rotatable bonds is 7. The summed E-state index contributed by atoms with van der Waals surface area (Å²) in [6, 6.07) is 5.07. The van der Waals surface area contributed by atoms with E-state index >= 15 is 0 Å². The molecule has 0 spiro atoms. The summed E-state index contributed by atoms with van der Waals surface area (Å²) in [6.07, 6.45) is -0.150. The Morgan fingerprint density at radius 1 is 1.36 bits per heavy atom. The van der Waals surface area contributed by atoms with Gasteiger partial charge in [0.1, 0.15) is 5.70 Å². The first-order chi connectivity index (χ1) is 11.9. The molecule has 0 aliphatic carbocycles. The second-order valence-corrected chi connectivity index (χ2v) is 5.64. The van der Waals surface area contributed by atoms with E-state index in [1.165, 1.54) is 12.0 Å². The van der Waals surface area contributed by atoms with Crippen LogP contribution in [0.25, 0.3) is 0 Å². The van der Waals surface area contributed by atoms with E-state index in [0.29, 0.717) is 11.3 Å². The van der Waals surface area contributed by atoms with E-state index in [1.54, 1.807) is 25.1 Å². The Kier molecular flexibility index (Phi) is 5.76. The number of ether oxygens (including phenoxy) is 1. The van der Waals surface area contributed by atoms with E-state index in [0.717, 1.165) is 5.56 Å². The van der Waals surface area contributed by atoms with E-state index < -0.39 is 17.8 Å². The summed E-state index contributed by atoms with van der Waals surface area (Å²) in [5.74, 6) is -2.01. The SMILES string of the molecule is COC(=O)C1=C(Nc2cc(CC(=O)O)ccc2C)C(=O)N(CCO)C1. The van der Waals surface area contributed by atoms with Crippen LogP contribution in [-0.4, -0.2) is 59.8 Å². The maximum Gasteiger partial charge on any atom is 0.337 e. The number of carbonyl (C=O) groups is 3. The van der Waals surface area contributed by atoms with Gasteiger partial charge in [0.2, 0.25) is 0 Å². The van der Waals surface area contributed by atoms with Crippen molar-refractivity contribution in [2.24, 2.45) is 0 Å². The number of aliphatic carboxylic acids is 1. The number of nitrogens with zero attached hydrogens (tertiary/aromatic N) is 1. The Balaban J connectivity index is 2.36. The molecule has 1 aliphatic heterocycles. The molecule has 0 fully saturated rings. The lowest BCUT2D eigenvalue weighted by molar-refractivity contribution is -0.137. The number of hydrogen-bond donors (Lipinski definition) is 3. The second kappa shape index (κ2) is 7.80. The van der Waals surface area contributed by atoms with Crippen LogP contribution in [0.4, 0.5) is 5.69 Å². The molecule has 134 valence electrons. The number of esters is 1. The molecule has 3 N–H and O–H groups in total. The number of methoxy groups -OCH3 is 1. The van der Waals surface area contributed by atoms with Gasteiger partial charge in [-0.1, -0.05) is 12.1 Å². The zero-order chi connectivity index (χ0) is 18.6. The predicted molar refractivity (Wildman–Crippen MR) is 88.8 cm³/mol. The van der Waals surface area contributed by atoms with Crippen LogP contribution in [0.15, 0.2) is 29.5 Å². The summed E-state index contributed by atoms with van der Waals surface area (Å²) in [7, 11) is 1.23. The van der Waals surface area contributed by atoms with Gasteiger partial charge < -0.3 is 25.2 Å². The minimum atomic E-state index is -0.963. The van der Waals surface area contributed by atoms with Crippen LogP contribution >= 0.6 is 0 Å². The van der Waals surface area contributed by atoms with Crippen molar-refractivity contribution in [2.75, 3.05) is 32.1 Å². The molecule has 0 bridgehead atoms. The Bertz CT molecular complexity index is 741. The van der Waals surface area contributed by atoms with Gasteiger partial charge in [0.25, 0.3) is 5.91 Å². The monoisotopic (exact) mass is 348 g/mol. The fraction of sp³-hybridized carbons (Fsp3) is 0.353. The summed E-state index contributed by atoms with van der Waals surface area (Å²) >= 11 is 0. The fourth-order valence-corrected chi connectivity index (χ4v) is 2.57. The number of aryl methyl sites for hydroxylation is 1. The van der Waals surface area contributed by atoms with E-state index in [9.17, 15) is 14.4 Å². The Hall–Kier alpha value is -2.87. The van der Waals surface area contributed by atoms with E-state index in [4.69, 9.17) is 14.9 Å². The molecule has 1 aromatic carbocycles. The highest BCUT2D eigenvalue weighted by Crippen LogP contribution is 2.25. The van der Waals surface area contributed by atoms with Crippen LogP contribution in [-0.2, 0) is 25.5 Å². The molecule has 1 heterocycles. The van der Waals surface area contributed by atoms with Gasteiger partial charge in [-0.05, 0) is 24.1 Å². The van der Waals surface area contributed by atoms with Gasteiger partial charge in [0.05, 0.1) is 32.3 Å². The summed E-state index contributed by atoms with van der Waals surface area (Å²) in [4.78, 5) is 36.7. The molecule has 8 nitrogen and oxygen atoms in total. The Labute approximate surface area is 144 Å². The smallest absolute Gasteiger partial charge is 0.337 e. The van der Waals surface area contributed by atoms with Crippen molar-refractivity contribution in [3.8, 4) is 0 Å². The number of hydrogen-bond acceptors (Lipinski definition) is 6. The Morgan fingerprint density at radius 3 is 2.68 bits per heavy atom. The molecule has 1 aromatic rings. The zero-order valence-electron chi connectivity index (χ0n) is 14.0. The summed E-state index contributed by atoms with van der Waals surface area (Å²) in [5.41, 5.74) is 2.15. The highest BCUT2D eigenvalue weighted by atomic mass is 16.5. The number of carboxylic acids is 1. The lowest BCUT2D eigenvalue weighted by Crippen LogP contribution is -2.31. The molecule has 8 heteroatoms. The van der Waals surface area contributed by atoms with Gasteiger partial charge in [0.15, 0.2) is 0 Å². The van der Waals surface area contributed by atoms with Crippen molar-refractivity contribution in [2.45, 2.75) is 13.3 Å². The minimum absolute atomic E-state index is 0.0439. The summed E-state index contributed by atoms with van der Waals surface area (Å²) in [6.45, 7) is 1.72. The van der Waals surface area contributed by atoms with Crippen molar-refractivity contribution in [3.63, 3.8) is 0 Å². The zero-order valence-corrected chi connectivity index (χ0v) is 14.0. The van der Waals surface area contributed by atoms with Gasteiger partial charge in [-0.2, -0.15) is 0 Å². The van der Waals surface area contributed by atoms with Gasteiger partial charge >= 0.3 is 11.9 Å². The molecular formula is C17H20N2O6. The third-order valence-corrected chi connectivity index (χ3v) is 3.87.